The molecule has 0 bridgehead atoms. The van der Waals surface area contributed by atoms with E-state index in [0.717, 1.165) is 10.9 Å². The number of fused-ring (bicyclic) bond motifs is 1. The molecule has 0 aromatic heterocycles. The Morgan fingerprint density at radius 2 is 2.00 bits per heavy atom. The van der Waals surface area contributed by atoms with Crippen molar-refractivity contribution in [1.29, 1.82) is 0 Å². The smallest absolute Gasteiger partial charge is 0.295 e. The largest absolute Gasteiger partial charge is 0.326 e. The van der Waals surface area contributed by atoms with Crippen molar-refractivity contribution in [1.82, 2.24) is 0 Å². The van der Waals surface area contributed by atoms with Gasteiger partial charge in [-0.3, -0.25) is 4.55 Å². The SMILES string of the molecule is NCc1cccc2c(S(=O)(=O)O)[c]ccc12. The highest BCUT2D eigenvalue weighted by Gasteiger charge is 2.14. The summed E-state index contributed by atoms with van der Waals surface area (Å²) in [6, 6.07) is 10.9. The Hall–Kier alpha value is -1.43. The molecule has 0 spiro atoms. The minimum absolute atomic E-state index is 0.208. The van der Waals surface area contributed by atoms with E-state index < -0.39 is 10.1 Å². The highest BCUT2D eigenvalue weighted by atomic mass is 32.2. The Kier molecular flexibility index (Phi) is 2.67. The van der Waals surface area contributed by atoms with Crippen LogP contribution in [0.5, 0.6) is 0 Å². The molecule has 0 fully saturated rings. The first kappa shape index (κ1) is 11.1. The van der Waals surface area contributed by atoms with E-state index in [1.54, 1.807) is 18.2 Å². The summed E-state index contributed by atoms with van der Waals surface area (Å²) in [4.78, 5) is -0.208. The van der Waals surface area contributed by atoms with Crippen molar-refractivity contribution >= 4 is 20.9 Å². The van der Waals surface area contributed by atoms with E-state index in [1.165, 1.54) is 6.07 Å². The van der Waals surface area contributed by atoms with Gasteiger partial charge in [-0.25, -0.2) is 0 Å². The first-order chi connectivity index (χ1) is 7.54. The molecule has 1 radical (unpaired) electrons. The number of rotatable bonds is 2. The van der Waals surface area contributed by atoms with Gasteiger partial charge in [0.15, 0.2) is 0 Å². The second kappa shape index (κ2) is 3.86. The molecule has 0 saturated carbocycles. The van der Waals surface area contributed by atoms with Gasteiger partial charge in [-0.1, -0.05) is 30.3 Å². The molecular weight excluding hydrogens is 226 g/mol. The standard InChI is InChI=1S/C11H10NO3S/c12-7-8-3-1-5-10-9(8)4-2-6-11(10)16(13,14)15/h1-5H,7,12H2,(H,13,14,15). The van der Waals surface area contributed by atoms with Crippen LogP contribution in [0.2, 0.25) is 0 Å². The number of hydrogen-bond acceptors (Lipinski definition) is 3. The van der Waals surface area contributed by atoms with E-state index in [-0.39, 0.29) is 4.90 Å². The monoisotopic (exact) mass is 236 g/mol. The lowest BCUT2D eigenvalue weighted by Crippen LogP contribution is -2.02. The first-order valence-corrected chi connectivity index (χ1v) is 6.08. The summed E-state index contributed by atoms with van der Waals surface area (Å²) in [5.74, 6) is 0. The second-order valence-electron chi connectivity index (χ2n) is 3.36. The molecule has 0 heterocycles. The summed E-state index contributed by atoms with van der Waals surface area (Å²) in [6.45, 7) is 0.312. The van der Waals surface area contributed by atoms with Crippen LogP contribution in [0, 0.1) is 6.07 Å². The van der Waals surface area contributed by atoms with Crippen LogP contribution in [-0.2, 0) is 16.7 Å². The summed E-state index contributed by atoms with van der Waals surface area (Å²) >= 11 is 0. The van der Waals surface area contributed by atoms with Gasteiger partial charge in [0.25, 0.3) is 10.1 Å². The van der Waals surface area contributed by atoms with Crippen LogP contribution < -0.4 is 5.73 Å². The van der Waals surface area contributed by atoms with Crippen LogP contribution in [0.3, 0.4) is 0 Å². The lowest BCUT2D eigenvalue weighted by atomic mass is 10.0. The molecular formula is C11H10NO3S. The van der Waals surface area contributed by atoms with Crippen molar-refractivity contribution in [2.45, 2.75) is 11.4 Å². The Balaban J connectivity index is 2.90. The van der Waals surface area contributed by atoms with Gasteiger partial charge in [-0.15, -0.1) is 0 Å². The van der Waals surface area contributed by atoms with Gasteiger partial charge in [0.2, 0.25) is 0 Å². The van der Waals surface area contributed by atoms with Crippen LogP contribution in [0.15, 0.2) is 35.2 Å². The van der Waals surface area contributed by atoms with Crippen LogP contribution in [-0.4, -0.2) is 13.0 Å². The molecule has 3 N–H and O–H groups in total. The molecule has 5 heteroatoms. The predicted molar refractivity (Wildman–Crippen MR) is 60.5 cm³/mol. The Labute approximate surface area is 93.4 Å². The van der Waals surface area contributed by atoms with Gasteiger partial charge in [0.05, 0.1) is 0 Å². The van der Waals surface area contributed by atoms with E-state index in [4.69, 9.17) is 10.3 Å². The van der Waals surface area contributed by atoms with Gasteiger partial charge in [-0.05, 0) is 10.9 Å². The molecule has 83 valence electrons. The minimum atomic E-state index is -4.25. The van der Waals surface area contributed by atoms with Crippen molar-refractivity contribution in [3.8, 4) is 0 Å². The van der Waals surface area contributed by atoms with Gasteiger partial charge >= 0.3 is 0 Å². The Bertz CT molecular complexity index is 635. The van der Waals surface area contributed by atoms with Crippen molar-refractivity contribution in [2.75, 3.05) is 0 Å². The maximum absolute atomic E-state index is 11.1. The van der Waals surface area contributed by atoms with Gasteiger partial charge in [0.1, 0.15) is 4.90 Å². The summed E-state index contributed by atoms with van der Waals surface area (Å²) in [7, 11) is -4.25. The fraction of sp³-hybridized carbons (Fsp3) is 0.0909. The zero-order valence-electron chi connectivity index (χ0n) is 8.34. The van der Waals surface area contributed by atoms with Crippen molar-refractivity contribution in [2.24, 2.45) is 5.73 Å². The van der Waals surface area contributed by atoms with Gasteiger partial charge in [0, 0.05) is 18.0 Å². The minimum Gasteiger partial charge on any atom is -0.326 e. The lowest BCUT2D eigenvalue weighted by molar-refractivity contribution is 0.484. The topological polar surface area (TPSA) is 80.4 Å². The normalized spacial score (nSPS) is 11.9. The summed E-state index contributed by atoms with van der Waals surface area (Å²) in [5, 5.41) is 1.16. The summed E-state index contributed by atoms with van der Waals surface area (Å²) in [5.41, 5.74) is 6.38. The maximum Gasteiger partial charge on any atom is 0.295 e. The molecule has 2 aromatic rings. The van der Waals surface area contributed by atoms with Crippen molar-refractivity contribution in [3.05, 3.63) is 42.0 Å². The zero-order chi connectivity index (χ0) is 11.8. The first-order valence-electron chi connectivity index (χ1n) is 4.64. The quantitative estimate of drug-likeness (QED) is 0.771. The lowest BCUT2D eigenvalue weighted by Gasteiger charge is -2.06. The third kappa shape index (κ3) is 1.80. The van der Waals surface area contributed by atoms with Crippen LogP contribution >= 0.6 is 0 Å². The third-order valence-electron chi connectivity index (χ3n) is 2.38. The van der Waals surface area contributed by atoms with Crippen molar-refractivity contribution < 1.29 is 13.0 Å². The molecule has 0 unspecified atom stereocenters. The summed E-state index contributed by atoms with van der Waals surface area (Å²) < 4.78 is 31.3. The van der Waals surface area contributed by atoms with Crippen LogP contribution in [0.4, 0.5) is 0 Å². The Morgan fingerprint density at radius 3 is 2.62 bits per heavy atom. The molecule has 0 atom stereocenters. The molecule has 0 aliphatic carbocycles. The van der Waals surface area contributed by atoms with E-state index in [1.807, 2.05) is 6.07 Å². The summed E-state index contributed by atoms with van der Waals surface area (Å²) in [6.07, 6.45) is 0. The van der Waals surface area contributed by atoms with Crippen LogP contribution in [0.25, 0.3) is 10.8 Å². The average molecular weight is 236 g/mol. The number of benzene rings is 2. The third-order valence-corrected chi connectivity index (χ3v) is 3.24. The van der Waals surface area contributed by atoms with Crippen molar-refractivity contribution in [3.63, 3.8) is 0 Å². The average Bonchev–Trinajstić information content (AvgIpc) is 2.26. The van der Waals surface area contributed by atoms with E-state index in [9.17, 15) is 8.42 Å². The van der Waals surface area contributed by atoms with Gasteiger partial charge in [-0.2, -0.15) is 8.42 Å². The molecule has 2 rings (SSSR count). The maximum atomic E-state index is 11.1. The van der Waals surface area contributed by atoms with Crippen LogP contribution in [0.1, 0.15) is 5.56 Å². The zero-order valence-corrected chi connectivity index (χ0v) is 9.16. The molecule has 0 aliphatic heterocycles. The number of hydrogen-bond donors (Lipinski definition) is 2. The highest BCUT2D eigenvalue weighted by Crippen LogP contribution is 2.24. The fourth-order valence-corrected chi connectivity index (χ4v) is 2.35. The molecule has 4 nitrogen and oxygen atoms in total. The highest BCUT2D eigenvalue weighted by molar-refractivity contribution is 7.86. The molecule has 0 amide bonds. The fourth-order valence-electron chi connectivity index (χ4n) is 1.68. The predicted octanol–water partition coefficient (Wildman–Crippen LogP) is 1.35. The van der Waals surface area contributed by atoms with E-state index in [0.29, 0.717) is 11.9 Å². The van der Waals surface area contributed by atoms with Gasteiger partial charge < -0.3 is 5.73 Å². The Morgan fingerprint density at radius 1 is 1.25 bits per heavy atom. The van der Waals surface area contributed by atoms with E-state index in [2.05, 4.69) is 6.07 Å². The molecule has 2 aromatic carbocycles. The number of nitrogens with two attached hydrogens (primary N) is 1. The molecule has 16 heavy (non-hydrogen) atoms. The molecule has 0 aliphatic rings. The molecule has 0 saturated heterocycles. The second-order valence-corrected chi connectivity index (χ2v) is 4.72. The van der Waals surface area contributed by atoms with E-state index >= 15 is 0 Å².